The van der Waals surface area contributed by atoms with E-state index in [9.17, 15) is 0 Å². The van der Waals surface area contributed by atoms with E-state index < -0.39 is 0 Å². The first-order valence-electron chi connectivity index (χ1n) is 6.35. The molecule has 0 amide bonds. The van der Waals surface area contributed by atoms with Gasteiger partial charge in [-0.05, 0) is 30.9 Å². The van der Waals surface area contributed by atoms with Crippen LogP contribution in [0, 0.1) is 5.92 Å². The first-order valence-corrected chi connectivity index (χ1v) is 6.35. The monoisotopic (exact) mass is 235 g/mol. The predicted octanol–water partition coefficient (Wildman–Crippen LogP) is 2.30. The molecule has 4 nitrogen and oxygen atoms in total. The number of ether oxygens (including phenoxy) is 1. The molecule has 1 unspecified atom stereocenters. The third-order valence-electron chi connectivity index (χ3n) is 3.07. The number of aromatic nitrogens is 1. The molecule has 94 valence electrons. The van der Waals surface area contributed by atoms with Crippen molar-refractivity contribution in [2.24, 2.45) is 5.92 Å². The second-order valence-electron chi connectivity index (χ2n) is 4.75. The van der Waals surface area contributed by atoms with Gasteiger partial charge in [0.1, 0.15) is 5.82 Å². The van der Waals surface area contributed by atoms with Gasteiger partial charge in [0.05, 0.1) is 12.3 Å². The van der Waals surface area contributed by atoms with Crippen LogP contribution in [0.15, 0.2) is 12.1 Å². The lowest BCUT2D eigenvalue weighted by Gasteiger charge is -2.18. The smallest absolute Gasteiger partial charge is 0.239 e. The number of hydrogen-bond acceptors (Lipinski definition) is 4. The highest BCUT2D eigenvalue weighted by Crippen LogP contribution is 2.27. The van der Waals surface area contributed by atoms with Crippen molar-refractivity contribution < 1.29 is 4.74 Å². The van der Waals surface area contributed by atoms with E-state index in [0.717, 1.165) is 31.2 Å². The summed E-state index contributed by atoms with van der Waals surface area (Å²) >= 11 is 0. The molecule has 1 aromatic rings. The molecule has 0 radical (unpaired) electrons. The zero-order valence-corrected chi connectivity index (χ0v) is 10.6. The molecule has 2 heterocycles. The SMILES string of the molecule is CCCOc1nc(N2CCC(C)C2)ccc1N. The minimum atomic E-state index is 0.573. The zero-order valence-electron chi connectivity index (χ0n) is 10.6. The summed E-state index contributed by atoms with van der Waals surface area (Å²) in [6.07, 6.45) is 2.20. The largest absolute Gasteiger partial charge is 0.476 e. The van der Waals surface area contributed by atoms with Crippen molar-refractivity contribution in [1.82, 2.24) is 4.98 Å². The summed E-state index contributed by atoms with van der Waals surface area (Å²) in [4.78, 5) is 6.80. The van der Waals surface area contributed by atoms with Crippen LogP contribution in [-0.4, -0.2) is 24.7 Å². The molecular weight excluding hydrogens is 214 g/mol. The lowest BCUT2D eigenvalue weighted by Crippen LogP contribution is -2.20. The molecule has 1 aliphatic rings. The molecule has 0 bridgehead atoms. The normalized spacial score (nSPS) is 19.6. The van der Waals surface area contributed by atoms with E-state index in [0.29, 0.717) is 18.2 Å². The van der Waals surface area contributed by atoms with Crippen LogP contribution in [0.2, 0.25) is 0 Å². The third-order valence-corrected chi connectivity index (χ3v) is 3.07. The molecule has 1 saturated heterocycles. The number of anilines is 2. The van der Waals surface area contributed by atoms with Gasteiger partial charge in [0.15, 0.2) is 0 Å². The molecule has 0 aliphatic carbocycles. The minimum Gasteiger partial charge on any atom is -0.476 e. The Labute approximate surface area is 103 Å². The van der Waals surface area contributed by atoms with Crippen molar-refractivity contribution in [2.75, 3.05) is 30.3 Å². The molecule has 1 atom stereocenters. The molecule has 0 aromatic carbocycles. The summed E-state index contributed by atoms with van der Waals surface area (Å²) in [5.41, 5.74) is 6.47. The highest BCUT2D eigenvalue weighted by molar-refractivity contribution is 5.54. The Bertz CT molecular complexity index is 381. The second-order valence-corrected chi connectivity index (χ2v) is 4.75. The van der Waals surface area contributed by atoms with E-state index in [1.54, 1.807) is 0 Å². The number of pyridine rings is 1. The molecule has 2 N–H and O–H groups in total. The van der Waals surface area contributed by atoms with E-state index in [-0.39, 0.29) is 0 Å². The van der Waals surface area contributed by atoms with Crippen molar-refractivity contribution in [3.63, 3.8) is 0 Å². The fourth-order valence-corrected chi connectivity index (χ4v) is 2.08. The van der Waals surface area contributed by atoms with E-state index >= 15 is 0 Å². The van der Waals surface area contributed by atoms with Gasteiger partial charge in [-0.3, -0.25) is 0 Å². The van der Waals surface area contributed by atoms with Crippen molar-refractivity contribution in [1.29, 1.82) is 0 Å². The molecule has 1 fully saturated rings. The van der Waals surface area contributed by atoms with Crippen molar-refractivity contribution in [3.8, 4) is 5.88 Å². The highest BCUT2D eigenvalue weighted by Gasteiger charge is 2.20. The Morgan fingerprint density at radius 2 is 2.35 bits per heavy atom. The average Bonchev–Trinajstić information content (AvgIpc) is 2.75. The molecule has 17 heavy (non-hydrogen) atoms. The number of nitrogen functional groups attached to an aromatic ring is 1. The van der Waals surface area contributed by atoms with Gasteiger partial charge in [-0.2, -0.15) is 4.98 Å². The summed E-state index contributed by atoms with van der Waals surface area (Å²) in [5.74, 6) is 2.30. The van der Waals surface area contributed by atoms with E-state index in [1.165, 1.54) is 6.42 Å². The lowest BCUT2D eigenvalue weighted by atomic mass is 10.2. The van der Waals surface area contributed by atoms with Crippen LogP contribution >= 0.6 is 0 Å². The standard InChI is InChI=1S/C13H21N3O/c1-3-8-17-13-11(14)4-5-12(15-13)16-7-6-10(2)9-16/h4-5,10H,3,6-9,14H2,1-2H3. The first kappa shape index (κ1) is 12.0. The molecule has 0 spiro atoms. The van der Waals surface area contributed by atoms with Crippen molar-refractivity contribution in [2.45, 2.75) is 26.7 Å². The second kappa shape index (κ2) is 5.25. The number of nitrogens with two attached hydrogens (primary N) is 1. The summed E-state index contributed by atoms with van der Waals surface area (Å²) in [5, 5.41) is 0. The van der Waals surface area contributed by atoms with Crippen LogP contribution < -0.4 is 15.4 Å². The van der Waals surface area contributed by atoms with Crippen LogP contribution in [0.3, 0.4) is 0 Å². The van der Waals surface area contributed by atoms with Gasteiger partial charge in [-0.25, -0.2) is 0 Å². The molecule has 1 aromatic heterocycles. The maximum Gasteiger partial charge on any atom is 0.239 e. The summed E-state index contributed by atoms with van der Waals surface area (Å²) in [7, 11) is 0. The van der Waals surface area contributed by atoms with Crippen LogP contribution in [-0.2, 0) is 0 Å². The molecule has 2 rings (SSSR count). The molecule has 0 saturated carbocycles. The Hall–Kier alpha value is -1.45. The van der Waals surface area contributed by atoms with Crippen LogP contribution in [0.5, 0.6) is 5.88 Å². The Balaban J connectivity index is 2.12. The quantitative estimate of drug-likeness (QED) is 0.870. The fourth-order valence-electron chi connectivity index (χ4n) is 2.08. The summed E-state index contributed by atoms with van der Waals surface area (Å²) in [6.45, 7) is 7.15. The van der Waals surface area contributed by atoms with Gasteiger partial charge >= 0.3 is 0 Å². The van der Waals surface area contributed by atoms with Gasteiger partial charge in [-0.1, -0.05) is 13.8 Å². The van der Waals surface area contributed by atoms with Crippen LogP contribution in [0.4, 0.5) is 11.5 Å². The maximum absolute atomic E-state index is 5.85. The van der Waals surface area contributed by atoms with E-state index in [1.807, 2.05) is 12.1 Å². The zero-order chi connectivity index (χ0) is 12.3. The van der Waals surface area contributed by atoms with Gasteiger partial charge in [-0.15, -0.1) is 0 Å². The van der Waals surface area contributed by atoms with E-state index in [2.05, 4.69) is 23.7 Å². The maximum atomic E-state index is 5.85. The molecule has 1 aliphatic heterocycles. The van der Waals surface area contributed by atoms with Gasteiger partial charge in [0.25, 0.3) is 0 Å². The lowest BCUT2D eigenvalue weighted by molar-refractivity contribution is 0.307. The molecule has 4 heteroatoms. The van der Waals surface area contributed by atoms with Crippen LogP contribution in [0.25, 0.3) is 0 Å². The van der Waals surface area contributed by atoms with Crippen LogP contribution in [0.1, 0.15) is 26.7 Å². The fraction of sp³-hybridized carbons (Fsp3) is 0.615. The average molecular weight is 235 g/mol. The number of rotatable bonds is 4. The van der Waals surface area contributed by atoms with Gasteiger partial charge < -0.3 is 15.4 Å². The Morgan fingerprint density at radius 3 is 3.00 bits per heavy atom. The minimum absolute atomic E-state index is 0.573. The number of nitrogens with zero attached hydrogens (tertiary/aromatic N) is 2. The summed E-state index contributed by atoms with van der Waals surface area (Å²) in [6, 6.07) is 3.86. The highest BCUT2D eigenvalue weighted by atomic mass is 16.5. The Kier molecular flexibility index (Phi) is 3.71. The van der Waals surface area contributed by atoms with E-state index in [4.69, 9.17) is 10.5 Å². The van der Waals surface area contributed by atoms with Crippen molar-refractivity contribution >= 4 is 11.5 Å². The number of hydrogen-bond donors (Lipinski definition) is 1. The Morgan fingerprint density at radius 1 is 1.53 bits per heavy atom. The predicted molar refractivity (Wildman–Crippen MR) is 70.4 cm³/mol. The van der Waals surface area contributed by atoms with Gasteiger partial charge in [0.2, 0.25) is 5.88 Å². The third kappa shape index (κ3) is 2.81. The topological polar surface area (TPSA) is 51.4 Å². The summed E-state index contributed by atoms with van der Waals surface area (Å²) < 4.78 is 5.55. The van der Waals surface area contributed by atoms with Gasteiger partial charge in [0, 0.05) is 13.1 Å². The molecular formula is C13H21N3O. The first-order chi connectivity index (χ1) is 8.20. The van der Waals surface area contributed by atoms with Crippen molar-refractivity contribution in [3.05, 3.63) is 12.1 Å².